The molecule has 1 aromatic carbocycles. The molecular weight excluding hydrogens is 282 g/mol. The molecule has 0 aliphatic carbocycles. The second-order valence-electron chi connectivity index (χ2n) is 4.30. The van der Waals surface area contributed by atoms with E-state index >= 15 is 0 Å². The average Bonchev–Trinajstić information content (AvgIpc) is 2.79. The van der Waals surface area contributed by atoms with Gasteiger partial charge in [0.15, 0.2) is 0 Å². The highest BCUT2D eigenvalue weighted by Crippen LogP contribution is 2.29. The molecule has 0 bridgehead atoms. The van der Waals surface area contributed by atoms with Gasteiger partial charge in [-0.15, -0.1) is 0 Å². The van der Waals surface area contributed by atoms with Crippen LogP contribution in [0.2, 0.25) is 0 Å². The van der Waals surface area contributed by atoms with E-state index in [0.717, 1.165) is 36.3 Å². The van der Waals surface area contributed by atoms with E-state index in [2.05, 4.69) is 26.9 Å². The van der Waals surface area contributed by atoms with E-state index in [1.54, 1.807) is 14.2 Å². The van der Waals surface area contributed by atoms with Crippen LogP contribution in [-0.4, -0.2) is 38.3 Å². The summed E-state index contributed by atoms with van der Waals surface area (Å²) in [6, 6.07) is 6.06. The van der Waals surface area contributed by atoms with E-state index < -0.39 is 0 Å². The van der Waals surface area contributed by atoms with Crippen molar-refractivity contribution < 1.29 is 9.47 Å². The summed E-state index contributed by atoms with van der Waals surface area (Å²) in [4.78, 5) is 2.40. The molecule has 17 heavy (non-hydrogen) atoms. The van der Waals surface area contributed by atoms with Crippen LogP contribution in [0.5, 0.6) is 5.75 Å². The van der Waals surface area contributed by atoms with E-state index in [1.807, 2.05) is 12.1 Å². The number of nitrogens with zero attached hydrogens (tertiary/aromatic N) is 1. The number of ether oxygens (including phenoxy) is 2. The summed E-state index contributed by atoms with van der Waals surface area (Å²) in [7, 11) is 3.50. The van der Waals surface area contributed by atoms with Crippen molar-refractivity contribution in [3.63, 3.8) is 0 Å². The molecule has 0 spiro atoms. The lowest BCUT2D eigenvalue weighted by Gasteiger charge is -2.18. The molecule has 2 rings (SSSR count). The van der Waals surface area contributed by atoms with Crippen LogP contribution in [-0.2, 0) is 11.3 Å². The third kappa shape index (κ3) is 3.00. The lowest BCUT2D eigenvalue weighted by Crippen LogP contribution is -2.22. The monoisotopic (exact) mass is 299 g/mol. The maximum atomic E-state index is 5.40. The van der Waals surface area contributed by atoms with Crippen LogP contribution in [0.1, 0.15) is 12.0 Å². The van der Waals surface area contributed by atoms with E-state index in [1.165, 1.54) is 5.56 Å². The Balaban J connectivity index is 2.08. The number of benzene rings is 1. The molecule has 4 heteroatoms. The Hall–Kier alpha value is -0.580. The summed E-state index contributed by atoms with van der Waals surface area (Å²) in [5.41, 5.74) is 1.21. The molecule has 0 aromatic heterocycles. The number of likely N-dealkylation sites (tertiary alicyclic amines) is 1. The van der Waals surface area contributed by atoms with Gasteiger partial charge in [0.1, 0.15) is 5.75 Å². The normalized spacial score (nSPS) is 20.8. The molecule has 94 valence electrons. The first-order valence-corrected chi connectivity index (χ1v) is 6.60. The van der Waals surface area contributed by atoms with Gasteiger partial charge in [-0.1, -0.05) is 22.0 Å². The SMILES string of the molecule is COc1cccc(Br)c1CN1CC[C@@H](OC)C1. The van der Waals surface area contributed by atoms with Crippen molar-refractivity contribution in [1.82, 2.24) is 4.90 Å². The van der Waals surface area contributed by atoms with Crippen molar-refractivity contribution >= 4 is 15.9 Å². The van der Waals surface area contributed by atoms with Gasteiger partial charge in [0.25, 0.3) is 0 Å². The van der Waals surface area contributed by atoms with E-state index in [4.69, 9.17) is 9.47 Å². The molecule has 1 aliphatic heterocycles. The Labute approximate surface area is 111 Å². The maximum absolute atomic E-state index is 5.40. The predicted octanol–water partition coefficient (Wildman–Crippen LogP) is 2.68. The third-order valence-corrected chi connectivity index (χ3v) is 3.98. The number of methoxy groups -OCH3 is 2. The highest BCUT2D eigenvalue weighted by Gasteiger charge is 2.23. The van der Waals surface area contributed by atoms with Crippen LogP contribution in [0.3, 0.4) is 0 Å². The molecule has 0 N–H and O–H groups in total. The number of hydrogen-bond donors (Lipinski definition) is 0. The van der Waals surface area contributed by atoms with Crippen molar-refractivity contribution in [2.75, 3.05) is 27.3 Å². The van der Waals surface area contributed by atoms with Gasteiger partial charge in [-0.05, 0) is 18.6 Å². The topological polar surface area (TPSA) is 21.7 Å². The molecule has 0 unspecified atom stereocenters. The van der Waals surface area contributed by atoms with Crippen molar-refractivity contribution in [3.8, 4) is 5.75 Å². The average molecular weight is 300 g/mol. The minimum atomic E-state index is 0.378. The van der Waals surface area contributed by atoms with Crippen LogP contribution >= 0.6 is 15.9 Å². The Morgan fingerprint density at radius 1 is 1.41 bits per heavy atom. The van der Waals surface area contributed by atoms with Crippen molar-refractivity contribution in [2.24, 2.45) is 0 Å². The van der Waals surface area contributed by atoms with Gasteiger partial charge in [-0.25, -0.2) is 0 Å². The van der Waals surface area contributed by atoms with Gasteiger partial charge in [0.2, 0.25) is 0 Å². The first-order valence-electron chi connectivity index (χ1n) is 5.81. The van der Waals surface area contributed by atoms with E-state index in [-0.39, 0.29) is 0 Å². The summed E-state index contributed by atoms with van der Waals surface area (Å²) in [5.74, 6) is 0.945. The van der Waals surface area contributed by atoms with Crippen LogP contribution in [0, 0.1) is 0 Å². The van der Waals surface area contributed by atoms with Crippen LogP contribution < -0.4 is 4.74 Å². The fourth-order valence-electron chi connectivity index (χ4n) is 2.24. The minimum absolute atomic E-state index is 0.378. The van der Waals surface area contributed by atoms with Crippen LogP contribution in [0.25, 0.3) is 0 Å². The lowest BCUT2D eigenvalue weighted by molar-refractivity contribution is 0.107. The fraction of sp³-hybridized carbons (Fsp3) is 0.538. The van der Waals surface area contributed by atoms with Gasteiger partial charge in [-0.2, -0.15) is 0 Å². The summed E-state index contributed by atoms with van der Waals surface area (Å²) < 4.78 is 11.9. The zero-order valence-corrected chi connectivity index (χ0v) is 11.9. The molecular formula is C13H18BrNO2. The zero-order chi connectivity index (χ0) is 12.3. The third-order valence-electron chi connectivity index (χ3n) is 3.24. The standard InChI is InChI=1S/C13H18BrNO2/c1-16-10-6-7-15(8-10)9-11-12(14)4-3-5-13(11)17-2/h3-5,10H,6-9H2,1-2H3/t10-/m1/s1. The highest BCUT2D eigenvalue weighted by atomic mass is 79.9. The molecule has 1 aliphatic rings. The number of rotatable bonds is 4. The zero-order valence-electron chi connectivity index (χ0n) is 10.3. The predicted molar refractivity (Wildman–Crippen MR) is 71.4 cm³/mol. The highest BCUT2D eigenvalue weighted by molar-refractivity contribution is 9.10. The molecule has 1 aromatic rings. The van der Waals surface area contributed by atoms with Gasteiger partial charge < -0.3 is 9.47 Å². The first-order chi connectivity index (χ1) is 8.24. The first kappa shape index (κ1) is 12.9. The molecule has 1 atom stereocenters. The molecule has 0 radical (unpaired) electrons. The van der Waals surface area contributed by atoms with E-state index in [0.29, 0.717) is 6.10 Å². The van der Waals surface area contributed by atoms with Gasteiger partial charge in [-0.3, -0.25) is 4.90 Å². The molecule has 0 saturated carbocycles. The summed E-state index contributed by atoms with van der Waals surface area (Å²) in [6.45, 7) is 2.99. The Morgan fingerprint density at radius 3 is 2.88 bits per heavy atom. The van der Waals surface area contributed by atoms with Crippen molar-refractivity contribution in [3.05, 3.63) is 28.2 Å². The number of hydrogen-bond acceptors (Lipinski definition) is 3. The van der Waals surface area contributed by atoms with Crippen molar-refractivity contribution in [1.29, 1.82) is 0 Å². The second-order valence-corrected chi connectivity index (χ2v) is 5.16. The molecule has 1 heterocycles. The minimum Gasteiger partial charge on any atom is -0.496 e. The molecule has 3 nitrogen and oxygen atoms in total. The van der Waals surface area contributed by atoms with Gasteiger partial charge >= 0.3 is 0 Å². The van der Waals surface area contributed by atoms with Crippen LogP contribution in [0.15, 0.2) is 22.7 Å². The van der Waals surface area contributed by atoms with Gasteiger partial charge in [0, 0.05) is 36.8 Å². The summed E-state index contributed by atoms with van der Waals surface area (Å²) in [5, 5.41) is 0. The number of halogens is 1. The molecule has 1 fully saturated rings. The second kappa shape index (κ2) is 5.85. The fourth-order valence-corrected chi connectivity index (χ4v) is 2.71. The lowest BCUT2D eigenvalue weighted by atomic mass is 10.2. The Morgan fingerprint density at radius 2 is 2.24 bits per heavy atom. The molecule has 0 amide bonds. The molecule has 1 saturated heterocycles. The summed E-state index contributed by atoms with van der Waals surface area (Å²) in [6.07, 6.45) is 1.49. The summed E-state index contributed by atoms with van der Waals surface area (Å²) >= 11 is 3.59. The van der Waals surface area contributed by atoms with Crippen LogP contribution in [0.4, 0.5) is 0 Å². The smallest absolute Gasteiger partial charge is 0.124 e. The maximum Gasteiger partial charge on any atom is 0.124 e. The van der Waals surface area contributed by atoms with Gasteiger partial charge in [0.05, 0.1) is 13.2 Å². The Bertz CT molecular complexity index is 384. The largest absolute Gasteiger partial charge is 0.496 e. The Kier molecular flexibility index (Phi) is 4.42. The van der Waals surface area contributed by atoms with E-state index in [9.17, 15) is 0 Å². The quantitative estimate of drug-likeness (QED) is 0.853. The van der Waals surface area contributed by atoms with Crippen molar-refractivity contribution in [2.45, 2.75) is 19.1 Å².